The van der Waals surface area contributed by atoms with Crippen LogP contribution in [-0.4, -0.2) is 21.6 Å². The fraction of sp³-hybridized carbons (Fsp3) is 0.556. The first-order chi connectivity index (χ1) is 6.18. The first-order valence-corrected chi connectivity index (χ1v) is 4.43. The van der Waals surface area contributed by atoms with Crippen molar-refractivity contribution in [2.45, 2.75) is 20.3 Å². The summed E-state index contributed by atoms with van der Waals surface area (Å²) in [5, 5.41) is 12.0. The second-order valence-electron chi connectivity index (χ2n) is 3.37. The molecule has 72 valence electrons. The standard InChI is InChI=1S/C9H15N3O/c1-7(2)3-4-10-9-11-5-8(13)6-12-9/h5-7,13H,3-4H2,1-2H3,(H,10,11,12). The molecule has 0 atom stereocenters. The molecule has 0 aliphatic heterocycles. The Hall–Kier alpha value is -1.32. The van der Waals surface area contributed by atoms with Crippen molar-refractivity contribution in [1.82, 2.24) is 9.97 Å². The van der Waals surface area contributed by atoms with E-state index < -0.39 is 0 Å². The molecule has 0 aliphatic rings. The summed E-state index contributed by atoms with van der Waals surface area (Å²) in [4.78, 5) is 7.81. The molecular formula is C9H15N3O. The highest BCUT2D eigenvalue weighted by Crippen LogP contribution is 2.06. The van der Waals surface area contributed by atoms with Crippen LogP contribution in [0, 0.1) is 5.92 Å². The van der Waals surface area contributed by atoms with Crippen LogP contribution in [0.1, 0.15) is 20.3 Å². The van der Waals surface area contributed by atoms with Crippen LogP contribution in [0.15, 0.2) is 12.4 Å². The van der Waals surface area contributed by atoms with Crippen molar-refractivity contribution in [2.24, 2.45) is 5.92 Å². The summed E-state index contributed by atoms with van der Waals surface area (Å²) in [6.07, 6.45) is 3.85. The number of aromatic hydroxyl groups is 1. The van der Waals surface area contributed by atoms with Gasteiger partial charge in [0, 0.05) is 6.54 Å². The van der Waals surface area contributed by atoms with Gasteiger partial charge in [-0.05, 0) is 12.3 Å². The van der Waals surface area contributed by atoms with Gasteiger partial charge in [-0.1, -0.05) is 13.8 Å². The molecule has 0 aromatic carbocycles. The molecule has 1 heterocycles. The van der Waals surface area contributed by atoms with Crippen LogP contribution in [0.2, 0.25) is 0 Å². The Bertz CT molecular complexity index is 246. The van der Waals surface area contributed by atoms with Crippen molar-refractivity contribution < 1.29 is 5.11 Å². The molecule has 13 heavy (non-hydrogen) atoms. The fourth-order valence-corrected chi connectivity index (χ4v) is 0.885. The molecule has 0 bridgehead atoms. The molecule has 0 unspecified atom stereocenters. The van der Waals surface area contributed by atoms with Gasteiger partial charge < -0.3 is 10.4 Å². The van der Waals surface area contributed by atoms with Crippen LogP contribution < -0.4 is 5.32 Å². The molecule has 1 aromatic rings. The lowest BCUT2D eigenvalue weighted by Crippen LogP contribution is -2.07. The van der Waals surface area contributed by atoms with Gasteiger partial charge in [-0.3, -0.25) is 0 Å². The summed E-state index contributed by atoms with van der Waals surface area (Å²) in [6.45, 7) is 5.20. The SMILES string of the molecule is CC(C)CCNc1ncc(O)cn1. The van der Waals surface area contributed by atoms with Gasteiger partial charge in [-0.15, -0.1) is 0 Å². The number of nitrogens with zero attached hydrogens (tertiary/aromatic N) is 2. The number of anilines is 1. The summed E-state index contributed by atoms with van der Waals surface area (Å²) >= 11 is 0. The van der Waals surface area contributed by atoms with E-state index in [1.54, 1.807) is 0 Å². The number of rotatable bonds is 4. The largest absolute Gasteiger partial charge is 0.505 e. The first kappa shape index (κ1) is 9.77. The third-order valence-electron chi connectivity index (χ3n) is 1.64. The predicted octanol–water partition coefficient (Wildman–Crippen LogP) is 1.64. The van der Waals surface area contributed by atoms with Gasteiger partial charge in [-0.25, -0.2) is 9.97 Å². The Labute approximate surface area is 78.0 Å². The smallest absolute Gasteiger partial charge is 0.222 e. The Morgan fingerprint density at radius 3 is 2.54 bits per heavy atom. The second kappa shape index (κ2) is 4.64. The van der Waals surface area contributed by atoms with E-state index in [1.165, 1.54) is 12.4 Å². The summed E-state index contributed by atoms with van der Waals surface area (Å²) < 4.78 is 0. The lowest BCUT2D eigenvalue weighted by Gasteiger charge is -2.05. The molecular weight excluding hydrogens is 166 g/mol. The summed E-state index contributed by atoms with van der Waals surface area (Å²) in [5.41, 5.74) is 0. The molecule has 4 nitrogen and oxygen atoms in total. The highest BCUT2D eigenvalue weighted by molar-refractivity contribution is 5.25. The zero-order valence-electron chi connectivity index (χ0n) is 7.99. The summed E-state index contributed by atoms with van der Waals surface area (Å²) in [7, 11) is 0. The minimum absolute atomic E-state index is 0.0920. The van der Waals surface area contributed by atoms with E-state index in [0.29, 0.717) is 11.9 Å². The normalized spacial score (nSPS) is 10.4. The van der Waals surface area contributed by atoms with Crippen molar-refractivity contribution in [1.29, 1.82) is 0 Å². The zero-order valence-corrected chi connectivity index (χ0v) is 7.99. The maximum Gasteiger partial charge on any atom is 0.222 e. The fourth-order valence-electron chi connectivity index (χ4n) is 0.885. The molecule has 4 heteroatoms. The maximum atomic E-state index is 8.92. The molecule has 0 saturated carbocycles. The Kier molecular flexibility index (Phi) is 3.49. The van der Waals surface area contributed by atoms with E-state index in [1.807, 2.05) is 0 Å². The lowest BCUT2D eigenvalue weighted by molar-refractivity contribution is 0.469. The Morgan fingerprint density at radius 2 is 2.00 bits per heavy atom. The minimum atomic E-state index is 0.0920. The van der Waals surface area contributed by atoms with E-state index in [0.717, 1.165) is 13.0 Å². The zero-order chi connectivity index (χ0) is 9.68. The molecule has 0 radical (unpaired) electrons. The number of hydrogen-bond donors (Lipinski definition) is 2. The Balaban J connectivity index is 2.33. The number of hydrogen-bond acceptors (Lipinski definition) is 4. The predicted molar refractivity (Wildman–Crippen MR) is 51.6 cm³/mol. The van der Waals surface area contributed by atoms with Crippen molar-refractivity contribution in [3.8, 4) is 5.75 Å². The van der Waals surface area contributed by atoms with Crippen molar-refractivity contribution >= 4 is 5.95 Å². The average molecular weight is 181 g/mol. The van der Waals surface area contributed by atoms with E-state index in [4.69, 9.17) is 5.11 Å². The second-order valence-corrected chi connectivity index (χ2v) is 3.37. The molecule has 1 rings (SSSR count). The van der Waals surface area contributed by atoms with Gasteiger partial charge in [0.1, 0.15) is 0 Å². The number of nitrogens with one attached hydrogen (secondary N) is 1. The highest BCUT2D eigenvalue weighted by Gasteiger charge is 1.96. The van der Waals surface area contributed by atoms with Gasteiger partial charge in [0.15, 0.2) is 5.75 Å². The molecule has 1 aromatic heterocycles. The van der Waals surface area contributed by atoms with Gasteiger partial charge >= 0.3 is 0 Å². The van der Waals surface area contributed by atoms with Crippen LogP contribution in [0.3, 0.4) is 0 Å². The third kappa shape index (κ3) is 3.73. The van der Waals surface area contributed by atoms with Crippen LogP contribution in [-0.2, 0) is 0 Å². The van der Waals surface area contributed by atoms with E-state index in [-0.39, 0.29) is 5.75 Å². The maximum absolute atomic E-state index is 8.92. The van der Waals surface area contributed by atoms with Gasteiger partial charge in [-0.2, -0.15) is 0 Å². The van der Waals surface area contributed by atoms with Gasteiger partial charge in [0.2, 0.25) is 5.95 Å². The molecule has 0 saturated heterocycles. The van der Waals surface area contributed by atoms with Crippen LogP contribution in [0.25, 0.3) is 0 Å². The molecule has 0 spiro atoms. The van der Waals surface area contributed by atoms with Crippen LogP contribution >= 0.6 is 0 Å². The van der Waals surface area contributed by atoms with E-state index in [9.17, 15) is 0 Å². The molecule has 0 aliphatic carbocycles. The molecule has 2 N–H and O–H groups in total. The van der Waals surface area contributed by atoms with Gasteiger partial charge in [0.25, 0.3) is 0 Å². The summed E-state index contributed by atoms with van der Waals surface area (Å²) in [5.74, 6) is 1.33. The first-order valence-electron chi connectivity index (χ1n) is 4.43. The number of aromatic nitrogens is 2. The summed E-state index contributed by atoms with van der Waals surface area (Å²) in [6, 6.07) is 0. The quantitative estimate of drug-likeness (QED) is 0.741. The van der Waals surface area contributed by atoms with Crippen LogP contribution in [0.4, 0.5) is 5.95 Å². The Morgan fingerprint density at radius 1 is 1.38 bits per heavy atom. The van der Waals surface area contributed by atoms with Crippen molar-refractivity contribution in [3.63, 3.8) is 0 Å². The van der Waals surface area contributed by atoms with E-state index in [2.05, 4.69) is 29.1 Å². The monoisotopic (exact) mass is 181 g/mol. The van der Waals surface area contributed by atoms with Crippen molar-refractivity contribution in [3.05, 3.63) is 12.4 Å². The van der Waals surface area contributed by atoms with Crippen molar-refractivity contribution in [2.75, 3.05) is 11.9 Å². The third-order valence-corrected chi connectivity index (χ3v) is 1.64. The highest BCUT2D eigenvalue weighted by atomic mass is 16.3. The van der Waals surface area contributed by atoms with Crippen LogP contribution in [0.5, 0.6) is 5.75 Å². The minimum Gasteiger partial charge on any atom is -0.505 e. The molecule has 0 fully saturated rings. The lowest BCUT2D eigenvalue weighted by atomic mass is 10.1. The average Bonchev–Trinajstić information content (AvgIpc) is 2.08. The van der Waals surface area contributed by atoms with E-state index >= 15 is 0 Å². The topological polar surface area (TPSA) is 58.0 Å². The van der Waals surface area contributed by atoms with Gasteiger partial charge in [0.05, 0.1) is 12.4 Å². The molecule has 0 amide bonds.